The first kappa shape index (κ1) is 21.9. The number of likely N-dealkylation sites (tertiary alicyclic amines) is 1. The Morgan fingerprint density at radius 3 is 2.61 bits per heavy atom. The standard InChI is InChI=1S/C25H34N2O/c1-9-22-12-18(5)17(4)10-11-23(22)13-27-14-24(15-28)25(21(27)8)20(7)26-19(6)16(2)3/h9-10,24,28H,2,8,12-15H2,1,3-7H3. The molecule has 0 aromatic rings. The highest BCUT2D eigenvalue weighted by atomic mass is 16.3. The minimum absolute atomic E-state index is 0.0279. The lowest BCUT2D eigenvalue weighted by Gasteiger charge is -2.22. The topological polar surface area (TPSA) is 35.8 Å². The number of hydrogen-bond donors (Lipinski definition) is 1. The molecule has 0 amide bonds. The van der Waals surface area contributed by atoms with Crippen LogP contribution in [0, 0.1) is 5.92 Å². The van der Waals surface area contributed by atoms with Gasteiger partial charge in [-0.25, -0.2) is 0 Å². The van der Waals surface area contributed by atoms with Gasteiger partial charge in [-0.05, 0) is 70.8 Å². The smallest absolute Gasteiger partial charge is 0.0518 e. The molecule has 3 nitrogen and oxygen atoms in total. The van der Waals surface area contributed by atoms with E-state index in [1.807, 2.05) is 20.8 Å². The third-order valence-corrected chi connectivity index (χ3v) is 5.78. The normalized spacial score (nSPS) is 24.1. The Balaban J connectivity index is 2.37. The van der Waals surface area contributed by atoms with Crippen LogP contribution in [0.25, 0.3) is 0 Å². The van der Waals surface area contributed by atoms with Crippen LogP contribution in [0.4, 0.5) is 0 Å². The molecule has 0 bridgehead atoms. The third kappa shape index (κ3) is 4.73. The molecule has 1 atom stereocenters. The number of allylic oxidation sites excluding steroid dienone is 6. The van der Waals surface area contributed by atoms with Gasteiger partial charge < -0.3 is 10.0 Å². The first-order chi connectivity index (χ1) is 13.2. The van der Waals surface area contributed by atoms with Crippen molar-refractivity contribution in [3.05, 3.63) is 75.9 Å². The summed E-state index contributed by atoms with van der Waals surface area (Å²) in [5, 5.41) is 9.97. The summed E-state index contributed by atoms with van der Waals surface area (Å²) in [5.74, 6) is 0.0279. The summed E-state index contributed by atoms with van der Waals surface area (Å²) in [6, 6.07) is 0. The van der Waals surface area contributed by atoms with Gasteiger partial charge in [0.2, 0.25) is 0 Å². The molecule has 0 aromatic carbocycles. The summed E-state index contributed by atoms with van der Waals surface area (Å²) in [6.45, 7) is 22.2. The van der Waals surface area contributed by atoms with E-state index in [-0.39, 0.29) is 12.5 Å². The van der Waals surface area contributed by atoms with E-state index in [1.165, 1.54) is 22.3 Å². The van der Waals surface area contributed by atoms with Gasteiger partial charge in [0.05, 0.1) is 13.2 Å². The number of hydrogen-bond acceptors (Lipinski definition) is 3. The van der Waals surface area contributed by atoms with Crippen LogP contribution in [0.15, 0.2) is 80.9 Å². The zero-order chi connectivity index (χ0) is 21.0. The second-order valence-electron chi connectivity index (χ2n) is 7.90. The molecule has 1 fully saturated rings. The summed E-state index contributed by atoms with van der Waals surface area (Å²) >= 11 is 0. The lowest BCUT2D eigenvalue weighted by molar-refractivity contribution is 0.237. The van der Waals surface area contributed by atoms with Crippen molar-refractivity contribution in [2.24, 2.45) is 10.9 Å². The molecule has 0 saturated carbocycles. The molecular formula is C25H34N2O. The lowest BCUT2D eigenvalue weighted by Crippen LogP contribution is -2.23. The van der Waals surface area contributed by atoms with Gasteiger partial charge in [0.25, 0.3) is 0 Å². The Bertz CT molecular complexity index is 870. The molecule has 0 spiro atoms. The van der Waals surface area contributed by atoms with Gasteiger partial charge in [-0.3, -0.25) is 4.99 Å². The summed E-state index contributed by atoms with van der Waals surface area (Å²) in [6.07, 6.45) is 5.23. The van der Waals surface area contributed by atoms with Gasteiger partial charge in [-0.15, -0.1) is 5.73 Å². The predicted molar refractivity (Wildman–Crippen MR) is 120 cm³/mol. The quantitative estimate of drug-likeness (QED) is 0.506. The van der Waals surface area contributed by atoms with Crippen molar-refractivity contribution in [3.8, 4) is 0 Å². The first-order valence-corrected chi connectivity index (χ1v) is 9.94. The highest BCUT2D eigenvalue weighted by Gasteiger charge is 2.32. The van der Waals surface area contributed by atoms with Crippen LogP contribution in [-0.2, 0) is 0 Å². The third-order valence-electron chi connectivity index (χ3n) is 5.78. The largest absolute Gasteiger partial charge is 0.396 e. The van der Waals surface area contributed by atoms with Crippen LogP contribution in [0.1, 0.15) is 48.0 Å². The van der Waals surface area contributed by atoms with Crippen LogP contribution >= 0.6 is 0 Å². The SMILES string of the molecule is C=C(C)C(C)=NC(C)=C1C(=C)N(CC2=C=CC(C)=C(C)CC2=CC)CC1CO. The Kier molecular flexibility index (Phi) is 7.23. The van der Waals surface area contributed by atoms with E-state index in [1.54, 1.807) is 0 Å². The van der Waals surface area contributed by atoms with Gasteiger partial charge >= 0.3 is 0 Å². The highest BCUT2D eigenvalue weighted by molar-refractivity contribution is 5.97. The van der Waals surface area contributed by atoms with Gasteiger partial charge in [-0.1, -0.05) is 24.8 Å². The Hall–Kier alpha value is -2.35. The molecular weight excluding hydrogens is 344 g/mol. The zero-order valence-electron chi connectivity index (χ0n) is 18.3. The molecule has 1 aliphatic heterocycles. The maximum Gasteiger partial charge on any atom is 0.0518 e. The molecule has 2 rings (SSSR count). The average Bonchev–Trinajstić information content (AvgIpc) is 2.90. The number of nitrogens with zero attached hydrogens (tertiary/aromatic N) is 2. The highest BCUT2D eigenvalue weighted by Crippen LogP contribution is 2.36. The van der Waals surface area contributed by atoms with E-state index in [0.29, 0.717) is 0 Å². The number of rotatable bonds is 5. The Labute approximate surface area is 170 Å². The van der Waals surface area contributed by atoms with Crippen LogP contribution in [0.3, 0.4) is 0 Å². The average molecular weight is 379 g/mol. The van der Waals surface area contributed by atoms with Gasteiger partial charge in [-0.2, -0.15) is 0 Å². The number of aliphatic imine (C=N–C) groups is 1. The van der Waals surface area contributed by atoms with Gasteiger partial charge in [0.15, 0.2) is 0 Å². The van der Waals surface area contributed by atoms with Crippen LogP contribution in [0.5, 0.6) is 0 Å². The molecule has 28 heavy (non-hydrogen) atoms. The first-order valence-electron chi connectivity index (χ1n) is 9.94. The van der Waals surface area contributed by atoms with E-state index in [0.717, 1.165) is 47.8 Å². The molecule has 1 heterocycles. The molecule has 1 unspecified atom stereocenters. The molecule has 1 saturated heterocycles. The van der Waals surface area contributed by atoms with Crippen molar-refractivity contribution in [2.75, 3.05) is 19.7 Å². The zero-order valence-corrected chi connectivity index (χ0v) is 18.3. The van der Waals surface area contributed by atoms with Crippen molar-refractivity contribution in [2.45, 2.75) is 48.0 Å². The molecule has 0 radical (unpaired) electrons. The van der Waals surface area contributed by atoms with E-state index in [2.05, 4.69) is 56.7 Å². The van der Waals surface area contributed by atoms with E-state index in [9.17, 15) is 5.11 Å². The van der Waals surface area contributed by atoms with Crippen molar-refractivity contribution in [1.82, 2.24) is 4.90 Å². The molecule has 0 aromatic heterocycles. The molecule has 1 N–H and O–H groups in total. The predicted octanol–water partition coefficient (Wildman–Crippen LogP) is 5.50. The summed E-state index contributed by atoms with van der Waals surface area (Å²) in [5.41, 5.74) is 13.4. The minimum Gasteiger partial charge on any atom is -0.396 e. The minimum atomic E-state index is 0.0279. The van der Waals surface area contributed by atoms with Crippen LogP contribution < -0.4 is 0 Å². The second kappa shape index (κ2) is 9.23. The van der Waals surface area contributed by atoms with E-state index < -0.39 is 0 Å². The monoisotopic (exact) mass is 378 g/mol. The summed E-state index contributed by atoms with van der Waals surface area (Å²) in [4.78, 5) is 6.96. The van der Waals surface area contributed by atoms with Gasteiger partial charge in [0.1, 0.15) is 0 Å². The molecule has 1 aliphatic carbocycles. The molecule has 150 valence electrons. The number of aliphatic hydroxyl groups excluding tert-OH is 1. The van der Waals surface area contributed by atoms with Gasteiger partial charge in [0, 0.05) is 40.7 Å². The fourth-order valence-electron chi connectivity index (χ4n) is 3.65. The van der Waals surface area contributed by atoms with Crippen molar-refractivity contribution < 1.29 is 5.11 Å². The lowest BCUT2D eigenvalue weighted by atomic mass is 9.99. The fraction of sp³-hybridized carbons (Fsp3) is 0.440. The van der Waals surface area contributed by atoms with E-state index in [4.69, 9.17) is 4.99 Å². The van der Waals surface area contributed by atoms with Crippen molar-refractivity contribution in [3.63, 3.8) is 0 Å². The summed E-state index contributed by atoms with van der Waals surface area (Å²) < 4.78 is 0. The van der Waals surface area contributed by atoms with Crippen LogP contribution in [-0.4, -0.2) is 35.4 Å². The van der Waals surface area contributed by atoms with E-state index >= 15 is 0 Å². The second-order valence-corrected chi connectivity index (χ2v) is 7.90. The Morgan fingerprint density at radius 1 is 1.36 bits per heavy atom. The molecule has 2 aliphatic rings. The van der Waals surface area contributed by atoms with Crippen LogP contribution in [0.2, 0.25) is 0 Å². The van der Waals surface area contributed by atoms with Crippen molar-refractivity contribution >= 4 is 5.71 Å². The number of aliphatic hydroxyl groups is 1. The summed E-state index contributed by atoms with van der Waals surface area (Å²) in [7, 11) is 0. The fourth-order valence-corrected chi connectivity index (χ4v) is 3.65. The maximum absolute atomic E-state index is 9.97. The van der Waals surface area contributed by atoms with Crippen molar-refractivity contribution in [1.29, 1.82) is 0 Å². The molecule has 3 heteroatoms. The maximum atomic E-state index is 9.97. The Morgan fingerprint density at radius 2 is 2.04 bits per heavy atom.